The number of hydrogen-bond acceptors (Lipinski definition) is 9. The number of nitrogens with zero attached hydrogens (tertiary/aromatic N) is 3. The van der Waals surface area contributed by atoms with Gasteiger partial charge in [0.1, 0.15) is 28.3 Å². The summed E-state index contributed by atoms with van der Waals surface area (Å²) in [6.45, 7) is 3.32. The molecule has 162 valence electrons. The first-order valence-corrected chi connectivity index (χ1v) is 9.39. The van der Waals surface area contributed by atoms with Crippen LogP contribution in [0.3, 0.4) is 0 Å². The summed E-state index contributed by atoms with van der Waals surface area (Å²) < 4.78 is 23.1. The molecule has 0 aliphatic heterocycles. The van der Waals surface area contributed by atoms with Crippen LogP contribution in [0, 0.1) is 25.2 Å². The molecule has 0 unspecified atom stereocenters. The van der Waals surface area contributed by atoms with Gasteiger partial charge < -0.3 is 24.0 Å². The van der Waals surface area contributed by atoms with Crippen LogP contribution in [0.2, 0.25) is 0 Å². The molecule has 3 aromatic heterocycles. The second kappa shape index (κ2) is 7.63. The van der Waals surface area contributed by atoms with Crippen LogP contribution in [0.25, 0.3) is 21.9 Å². The molecular formula is C22H18N4O6. The van der Waals surface area contributed by atoms with Gasteiger partial charge in [0.15, 0.2) is 11.2 Å². The van der Waals surface area contributed by atoms with Crippen molar-refractivity contribution in [1.29, 1.82) is 5.26 Å². The number of benzene rings is 1. The normalized spacial score (nSPS) is 11.3. The van der Waals surface area contributed by atoms with Crippen LogP contribution in [-0.2, 0) is 0 Å². The molecule has 0 aliphatic carbocycles. The Morgan fingerprint density at radius 2 is 1.91 bits per heavy atom. The molecule has 1 aromatic carbocycles. The van der Waals surface area contributed by atoms with Crippen molar-refractivity contribution in [2.45, 2.75) is 13.8 Å². The summed E-state index contributed by atoms with van der Waals surface area (Å²) in [6, 6.07) is 5.15. The zero-order chi connectivity index (χ0) is 23.2. The Morgan fingerprint density at radius 1 is 1.19 bits per heavy atom. The molecule has 0 amide bonds. The molecule has 0 radical (unpaired) electrons. The lowest BCUT2D eigenvalue weighted by Crippen LogP contribution is -2.23. The minimum Gasteiger partial charge on any atom is -0.495 e. The molecule has 4 aromatic rings. The van der Waals surface area contributed by atoms with E-state index in [0.717, 1.165) is 10.9 Å². The number of hydrogen-bond donors (Lipinski definition) is 1. The van der Waals surface area contributed by atoms with Gasteiger partial charge in [0, 0.05) is 5.69 Å². The zero-order valence-corrected chi connectivity index (χ0v) is 17.7. The first kappa shape index (κ1) is 20.7. The van der Waals surface area contributed by atoms with E-state index in [9.17, 15) is 14.9 Å². The van der Waals surface area contributed by atoms with Crippen molar-refractivity contribution in [3.63, 3.8) is 0 Å². The summed E-state index contributed by atoms with van der Waals surface area (Å²) in [5, 5.41) is 13.9. The SMILES string of the molecule is COc1c2occc2c(OC)c2c(=O)c(/C=N/n3c(C)cc(C)c(C#N)c3=O)c(N)oc12. The average molecular weight is 434 g/mol. The summed E-state index contributed by atoms with van der Waals surface area (Å²) in [5.41, 5.74) is 6.15. The van der Waals surface area contributed by atoms with Crippen LogP contribution in [0.5, 0.6) is 11.5 Å². The number of fused-ring (bicyclic) bond motifs is 2. The Kier molecular flexibility index (Phi) is 4.94. The molecule has 0 saturated heterocycles. The summed E-state index contributed by atoms with van der Waals surface area (Å²) in [4.78, 5) is 26.0. The van der Waals surface area contributed by atoms with Gasteiger partial charge in [-0.25, -0.2) is 4.68 Å². The third-order valence-corrected chi connectivity index (χ3v) is 5.11. The van der Waals surface area contributed by atoms with Crippen molar-refractivity contribution >= 4 is 34.0 Å². The van der Waals surface area contributed by atoms with E-state index in [4.69, 9.17) is 24.0 Å². The van der Waals surface area contributed by atoms with E-state index in [1.165, 1.54) is 20.5 Å². The minimum atomic E-state index is -0.607. The number of aryl methyl sites for hydroxylation is 2. The fourth-order valence-corrected chi connectivity index (χ4v) is 3.63. The Labute approximate surface area is 180 Å². The van der Waals surface area contributed by atoms with Crippen LogP contribution in [0.15, 0.2) is 41.9 Å². The number of ether oxygens (including phenoxy) is 2. The van der Waals surface area contributed by atoms with E-state index in [-0.39, 0.29) is 39.5 Å². The Morgan fingerprint density at radius 3 is 2.56 bits per heavy atom. The molecule has 0 atom stereocenters. The van der Waals surface area contributed by atoms with Crippen LogP contribution < -0.4 is 26.2 Å². The van der Waals surface area contributed by atoms with E-state index >= 15 is 0 Å². The maximum atomic E-state index is 13.4. The highest BCUT2D eigenvalue weighted by Gasteiger charge is 2.24. The first-order valence-electron chi connectivity index (χ1n) is 9.39. The first-order chi connectivity index (χ1) is 15.3. The number of aromatic nitrogens is 1. The van der Waals surface area contributed by atoms with Gasteiger partial charge >= 0.3 is 0 Å². The van der Waals surface area contributed by atoms with Crippen molar-refractivity contribution in [1.82, 2.24) is 4.68 Å². The van der Waals surface area contributed by atoms with Crippen molar-refractivity contribution in [2.75, 3.05) is 20.0 Å². The molecule has 32 heavy (non-hydrogen) atoms. The number of methoxy groups -OCH3 is 2. The minimum absolute atomic E-state index is 0.0416. The van der Waals surface area contributed by atoms with Gasteiger partial charge in [0.2, 0.25) is 17.1 Å². The summed E-state index contributed by atoms with van der Waals surface area (Å²) in [6.07, 6.45) is 2.56. The lowest BCUT2D eigenvalue weighted by atomic mass is 10.1. The monoisotopic (exact) mass is 434 g/mol. The maximum Gasteiger partial charge on any atom is 0.289 e. The highest BCUT2D eigenvalue weighted by molar-refractivity contribution is 6.08. The fourth-order valence-electron chi connectivity index (χ4n) is 3.63. The molecule has 0 bridgehead atoms. The number of pyridine rings is 1. The van der Waals surface area contributed by atoms with Crippen LogP contribution in [0.1, 0.15) is 22.4 Å². The van der Waals surface area contributed by atoms with Gasteiger partial charge in [-0.1, -0.05) is 0 Å². The molecule has 4 rings (SSSR count). The molecule has 0 spiro atoms. The number of nitrogen functional groups attached to an aromatic ring is 1. The predicted molar refractivity (Wildman–Crippen MR) is 118 cm³/mol. The maximum absolute atomic E-state index is 13.4. The van der Waals surface area contributed by atoms with Gasteiger partial charge in [0.25, 0.3) is 5.56 Å². The number of rotatable bonds is 4. The van der Waals surface area contributed by atoms with Gasteiger partial charge in [-0.2, -0.15) is 10.4 Å². The third-order valence-electron chi connectivity index (χ3n) is 5.11. The van der Waals surface area contributed by atoms with Crippen molar-refractivity contribution in [3.05, 3.63) is 61.4 Å². The molecule has 10 nitrogen and oxygen atoms in total. The van der Waals surface area contributed by atoms with Crippen molar-refractivity contribution < 1.29 is 18.3 Å². The molecule has 0 aliphatic rings. The average Bonchev–Trinajstić information content (AvgIpc) is 3.23. The summed E-state index contributed by atoms with van der Waals surface area (Å²) >= 11 is 0. The Balaban J connectivity index is 2.02. The van der Waals surface area contributed by atoms with Gasteiger partial charge in [0.05, 0.1) is 32.1 Å². The molecule has 0 saturated carbocycles. The number of nitriles is 1. The lowest BCUT2D eigenvalue weighted by molar-refractivity contribution is 0.401. The fraction of sp³-hybridized carbons (Fsp3) is 0.182. The second-order valence-electron chi connectivity index (χ2n) is 6.96. The molecule has 2 N–H and O–H groups in total. The molecule has 0 fully saturated rings. The van der Waals surface area contributed by atoms with Crippen LogP contribution >= 0.6 is 0 Å². The van der Waals surface area contributed by atoms with Crippen molar-refractivity contribution in [2.24, 2.45) is 5.10 Å². The Hall–Kier alpha value is -4.52. The van der Waals surface area contributed by atoms with Gasteiger partial charge in [-0.3, -0.25) is 9.59 Å². The predicted octanol–water partition coefficient (Wildman–Crippen LogP) is 2.67. The van der Waals surface area contributed by atoms with E-state index in [0.29, 0.717) is 22.2 Å². The number of anilines is 1. The standard InChI is InChI=1S/C22H18N4O6/c1-10-7-11(2)26(22(28)13(10)8-23)25-9-14-16(27)15-17(29-3)12-5-6-31-18(12)20(30-4)19(15)32-21(14)24/h5-7,9H,24H2,1-4H3/b25-9+. The smallest absolute Gasteiger partial charge is 0.289 e. The lowest BCUT2D eigenvalue weighted by Gasteiger charge is -2.12. The van der Waals surface area contributed by atoms with E-state index in [2.05, 4.69) is 5.10 Å². The zero-order valence-electron chi connectivity index (χ0n) is 17.7. The van der Waals surface area contributed by atoms with Gasteiger partial charge in [-0.05, 0) is 31.5 Å². The largest absolute Gasteiger partial charge is 0.495 e. The summed E-state index contributed by atoms with van der Waals surface area (Å²) in [7, 11) is 2.82. The van der Waals surface area contributed by atoms with Crippen LogP contribution in [-0.4, -0.2) is 25.1 Å². The van der Waals surface area contributed by atoms with Crippen LogP contribution in [0.4, 0.5) is 5.88 Å². The molecule has 3 heterocycles. The number of furan rings is 1. The quantitative estimate of drug-likeness (QED) is 0.482. The van der Waals surface area contributed by atoms with Crippen molar-refractivity contribution in [3.8, 4) is 17.6 Å². The van der Waals surface area contributed by atoms with E-state index in [1.54, 1.807) is 26.0 Å². The second-order valence-corrected chi connectivity index (χ2v) is 6.96. The number of nitrogens with two attached hydrogens (primary N) is 1. The highest BCUT2D eigenvalue weighted by Crippen LogP contribution is 2.42. The Bertz CT molecular complexity index is 1580. The summed E-state index contributed by atoms with van der Waals surface area (Å²) in [5.74, 6) is 0.177. The topological polar surface area (TPSA) is 146 Å². The van der Waals surface area contributed by atoms with Gasteiger partial charge in [-0.15, -0.1) is 0 Å². The molecular weight excluding hydrogens is 416 g/mol. The molecule has 10 heteroatoms. The van der Waals surface area contributed by atoms with E-state index < -0.39 is 11.0 Å². The third kappa shape index (κ3) is 2.91. The van der Waals surface area contributed by atoms with E-state index in [1.807, 2.05) is 6.07 Å². The highest BCUT2D eigenvalue weighted by atomic mass is 16.5.